The van der Waals surface area contributed by atoms with Crippen LogP contribution in [0.15, 0.2) is 23.1 Å². The van der Waals surface area contributed by atoms with Crippen molar-refractivity contribution in [1.82, 2.24) is 5.32 Å². The number of nitrogens with two attached hydrogens (primary N) is 1. The van der Waals surface area contributed by atoms with Crippen LogP contribution in [-0.4, -0.2) is 21.4 Å². The van der Waals surface area contributed by atoms with Gasteiger partial charge in [0.15, 0.2) is 0 Å². The molecule has 1 aromatic carbocycles. The van der Waals surface area contributed by atoms with Crippen molar-refractivity contribution in [3.8, 4) is 0 Å². The van der Waals surface area contributed by atoms with Crippen LogP contribution in [0.3, 0.4) is 0 Å². The smallest absolute Gasteiger partial charge is 0.233 e. The van der Waals surface area contributed by atoms with E-state index in [0.29, 0.717) is 0 Å². The summed E-state index contributed by atoms with van der Waals surface area (Å²) in [6, 6.07) is 3.89. The second-order valence-corrected chi connectivity index (χ2v) is 6.42. The number of carbonyl (C=O) groups excluding carboxylic acids is 1. The zero-order valence-corrected chi connectivity index (χ0v) is 11.4. The molecule has 0 aromatic heterocycles. The van der Waals surface area contributed by atoms with Crippen molar-refractivity contribution in [3.05, 3.63) is 24.0 Å². The lowest BCUT2D eigenvalue weighted by Gasteiger charge is -2.20. The molecule has 1 atom stereocenters. The molecule has 0 heterocycles. The fraction of sp³-hybridized carbons (Fsp3) is 0.417. The standard InChI is InChI=1S/C12H17FN2O2S/c1-12(2,3)15-11(16)7-18(17)8-4-5-10(14)9(13)6-8/h4-6H,7,14H2,1-3H3,(H,15,16). The van der Waals surface area contributed by atoms with Gasteiger partial charge in [-0.1, -0.05) is 0 Å². The first-order valence-electron chi connectivity index (χ1n) is 5.43. The van der Waals surface area contributed by atoms with Gasteiger partial charge in [0.05, 0.1) is 16.5 Å². The lowest BCUT2D eigenvalue weighted by Crippen LogP contribution is -2.42. The molecular weight excluding hydrogens is 255 g/mol. The molecule has 0 bridgehead atoms. The number of halogens is 1. The van der Waals surface area contributed by atoms with Crippen molar-refractivity contribution in [2.45, 2.75) is 31.2 Å². The Morgan fingerprint density at radius 1 is 1.44 bits per heavy atom. The summed E-state index contributed by atoms with van der Waals surface area (Å²) < 4.78 is 25.0. The average Bonchev–Trinajstić information content (AvgIpc) is 2.18. The van der Waals surface area contributed by atoms with Gasteiger partial charge in [-0.15, -0.1) is 0 Å². The number of anilines is 1. The van der Waals surface area contributed by atoms with Crippen LogP contribution in [0, 0.1) is 5.82 Å². The second-order valence-electron chi connectivity index (χ2n) is 4.97. The van der Waals surface area contributed by atoms with E-state index in [1.165, 1.54) is 12.1 Å². The Morgan fingerprint density at radius 2 is 2.06 bits per heavy atom. The quantitative estimate of drug-likeness (QED) is 0.818. The number of benzene rings is 1. The number of hydrogen-bond acceptors (Lipinski definition) is 3. The predicted octanol–water partition coefficient (Wildman–Crippen LogP) is 1.43. The van der Waals surface area contributed by atoms with E-state index in [4.69, 9.17) is 5.73 Å². The monoisotopic (exact) mass is 272 g/mol. The van der Waals surface area contributed by atoms with Gasteiger partial charge in [-0.25, -0.2) is 4.39 Å². The minimum Gasteiger partial charge on any atom is -0.396 e. The van der Waals surface area contributed by atoms with Crippen molar-refractivity contribution < 1.29 is 13.4 Å². The largest absolute Gasteiger partial charge is 0.396 e. The third-order valence-electron chi connectivity index (χ3n) is 2.01. The highest BCUT2D eigenvalue weighted by Crippen LogP contribution is 2.15. The highest BCUT2D eigenvalue weighted by molar-refractivity contribution is 7.85. The van der Waals surface area contributed by atoms with Crippen molar-refractivity contribution in [2.75, 3.05) is 11.5 Å². The molecule has 4 nitrogen and oxygen atoms in total. The lowest BCUT2D eigenvalue weighted by molar-refractivity contribution is -0.119. The Labute approximate surface area is 108 Å². The van der Waals surface area contributed by atoms with Gasteiger partial charge in [0, 0.05) is 10.4 Å². The number of hydrogen-bond donors (Lipinski definition) is 2. The maximum absolute atomic E-state index is 13.2. The van der Waals surface area contributed by atoms with Crippen molar-refractivity contribution >= 4 is 22.4 Å². The third-order valence-corrected chi connectivity index (χ3v) is 3.32. The summed E-state index contributed by atoms with van der Waals surface area (Å²) in [5.74, 6) is -1.16. The molecule has 3 N–H and O–H groups in total. The topological polar surface area (TPSA) is 72.2 Å². The molecule has 0 saturated carbocycles. The first kappa shape index (κ1) is 14.6. The summed E-state index contributed by atoms with van der Waals surface area (Å²) in [5.41, 5.74) is 4.93. The normalized spacial score (nSPS) is 13.1. The fourth-order valence-electron chi connectivity index (χ4n) is 1.31. The zero-order valence-electron chi connectivity index (χ0n) is 10.6. The Balaban J connectivity index is 2.71. The predicted molar refractivity (Wildman–Crippen MR) is 70.0 cm³/mol. The molecule has 18 heavy (non-hydrogen) atoms. The van der Waals surface area contributed by atoms with E-state index < -0.39 is 16.6 Å². The molecule has 6 heteroatoms. The Bertz CT molecular complexity index is 483. The van der Waals surface area contributed by atoms with E-state index in [1.807, 2.05) is 20.8 Å². The van der Waals surface area contributed by atoms with E-state index in [9.17, 15) is 13.4 Å². The molecule has 0 radical (unpaired) electrons. The van der Waals surface area contributed by atoms with E-state index in [0.717, 1.165) is 6.07 Å². The number of nitrogen functional groups attached to an aromatic ring is 1. The molecular formula is C12H17FN2O2S. The van der Waals surface area contributed by atoms with Crippen LogP contribution in [-0.2, 0) is 15.6 Å². The van der Waals surface area contributed by atoms with Gasteiger partial charge in [0.2, 0.25) is 5.91 Å². The van der Waals surface area contributed by atoms with Gasteiger partial charge in [-0.2, -0.15) is 0 Å². The fourth-order valence-corrected chi connectivity index (χ4v) is 2.24. The van der Waals surface area contributed by atoms with Crippen molar-refractivity contribution in [3.63, 3.8) is 0 Å². The van der Waals surface area contributed by atoms with Crippen LogP contribution in [0.25, 0.3) is 0 Å². The summed E-state index contributed by atoms with van der Waals surface area (Å²) in [6.45, 7) is 5.49. The van der Waals surface area contributed by atoms with Crippen LogP contribution in [0.5, 0.6) is 0 Å². The molecule has 0 fully saturated rings. The van der Waals surface area contributed by atoms with Crippen LogP contribution < -0.4 is 11.1 Å². The molecule has 100 valence electrons. The Hall–Kier alpha value is -1.43. The van der Waals surface area contributed by atoms with Crippen LogP contribution in [0.1, 0.15) is 20.8 Å². The number of nitrogens with one attached hydrogen (secondary N) is 1. The summed E-state index contributed by atoms with van der Waals surface area (Å²) in [4.78, 5) is 11.8. The summed E-state index contributed by atoms with van der Waals surface area (Å²) in [7, 11) is -1.57. The van der Waals surface area contributed by atoms with Crippen molar-refractivity contribution in [1.29, 1.82) is 0 Å². The molecule has 0 saturated heterocycles. The number of amides is 1. The van der Waals surface area contributed by atoms with Crippen LogP contribution in [0.2, 0.25) is 0 Å². The van der Waals surface area contributed by atoms with E-state index in [2.05, 4.69) is 5.32 Å². The molecule has 1 unspecified atom stereocenters. The van der Waals surface area contributed by atoms with E-state index in [1.54, 1.807) is 0 Å². The molecule has 0 spiro atoms. The minimum atomic E-state index is -1.57. The molecule has 1 aromatic rings. The molecule has 1 rings (SSSR count). The molecule has 1 amide bonds. The summed E-state index contributed by atoms with van der Waals surface area (Å²) in [5, 5.41) is 2.70. The van der Waals surface area contributed by atoms with Gasteiger partial charge >= 0.3 is 0 Å². The first-order valence-corrected chi connectivity index (χ1v) is 6.75. The highest BCUT2D eigenvalue weighted by atomic mass is 32.2. The summed E-state index contributed by atoms with van der Waals surface area (Å²) >= 11 is 0. The van der Waals surface area contributed by atoms with Gasteiger partial charge in [0.1, 0.15) is 11.6 Å². The Morgan fingerprint density at radius 3 is 2.56 bits per heavy atom. The molecule has 0 aliphatic heterocycles. The molecule has 0 aliphatic carbocycles. The second kappa shape index (κ2) is 5.48. The summed E-state index contributed by atoms with van der Waals surface area (Å²) in [6.07, 6.45) is 0. The first-order chi connectivity index (χ1) is 8.19. The highest BCUT2D eigenvalue weighted by Gasteiger charge is 2.17. The van der Waals surface area contributed by atoms with E-state index >= 15 is 0 Å². The average molecular weight is 272 g/mol. The zero-order chi connectivity index (χ0) is 13.9. The van der Waals surface area contributed by atoms with Crippen LogP contribution >= 0.6 is 0 Å². The minimum absolute atomic E-state index is 0.00473. The number of carbonyl (C=O) groups is 1. The Kier molecular flexibility index (Phi) is 4.45. The van der Waals surface area contributed by atoms with Gasteiger partial charge in [-0.3, -0.25) is 9.00 Å². The van der Waals surface area contributed by atoms with Gasteiger partial charge < -0.3 is 11.1 Å². The number of rotatable bonds is 3. The molecule has 0 aliphatic rings. The SMILES string of the molecule is CC(C)(C)NC(=O)CS(=O)c1ccc(N)c(F)c1. The maximum atomic E-state index is 13.2. The van der Waals surface area contributed by atoms with Crippen LogP contribution in [0.4, 0.5) is 10.1 Å². The lowest BCUT2D eigenvalue weighted by atomic mass is 10.1. The van der Waals surface area contributed by atoms with E-state index in [-0.39, 0.29) is 27.8 Å². The van der Waals surface area contributed by atoms with Gasteiger partial charge in [-0.05, 0) is 39.0 Å². The van der Waals surface area contributed by atoms with Crippen molar-refractivity contribution in [2.24, 2.45) is 0 Å². The van der Waals surface area contributed by atoms with Gasteiger partial charge in [0.25, 0.3) is 0 Å². The third kappa shape index (κ3) is 4.44. The maximum Gasteiger partial charge on any atom is 0.233 e.